The van der Waals surface area contributed by atoms with E-state index < -0.39 is 0 Å². The Morgan fingerprint density at radius 3 is 2.61 bits per heavy atom. The van der Waals surface area contributed by atoms with E-state index >= 15 is 0 Å². The fourth-order valence-corrected chi connectivity index (χ4v) is 3.41. The van der Waals surface area contributed by atoms with Crippen molar-refractivity contribution in [3.05, 3.63) is 67.0 Å². The Bertz CT molecular complexity index is 1290. The third kappa shape index (κ3) is 3.48. The summed E-state index contributed by atoms with van der Waals surface area (Å²) in [7, 11) is 3.33. The molecule has 0 aliphatic rings. The first-order chi connectivity index (χ1) is 14.9. The number of aromatic nitrogens is 4. The number of amides is 1. The molecule has 2 aromatic carbocycles. The van der Waals surface area contributed by atoms with Gasteiger partial charge in [-0.2, -0.15) is 5.10 Å². The Labute approximate surface area is 179 Å². The van der Waals surface area contributed by atoms with Crippen LogP contribution in [-0.2, 0) is 4.79 Å². The zero-order chi connectivity index (χ0) is 22.1. The molecule has 0 aliphatic heterocycles. The number of carbonyl (C=O) groups is 1. The van der Waals surface area contributed by atoms with Gasteiger partial charge in [0.2, 0.25) is 5.91 Å². The van der Waals surface area contributed by atoms with Crippen molar-refractivity contribution in [3.63, 3.8) is 0 Å². The molecule has 0 atom stereocenters. The maximum absolute atomic E-state index is 11.9. The predicted molar refractivity (Wildman–Crippen MR) is 121 cm³/mol. The lowest BCUT2D eigenvalue weighted by atomic mass is 10.1. The van der Waals surface area contributed by atoms with Gasteiger partial charge in [-0.3, -0.25) is 4.79 Å². The molecular weight excluding hydrogens is 392 g/mol. The van der Waals surface area contributed by atoms with Gasteiger partial charge in [0.15, 0.2) is 5.65 Å². The summed E-state index contributed by atoms with van der Waals surface area (Å²) >= 11 is 0. The van der Waals surface area contributed by atoms with Crippen LogP contribution in [0, 0.1) is 6.92 Å². The SMILES string of the molecule is C=CC(=O)N(C)c1ccc(-n2nc(-c3ccc(C)c(OC)c3)c3c(N)ncnc32)cc1. The number of benzene rings is 2. The highest BCUT2D eigenvalue weighted by molar-refractivity contribution is 6.01. The highest BCUT2D eigenvalue weighted by Crippen LogP contribution is 2.34. The lowest BCUT2D eigenvalue weighted by molar-refractivity contribution is -0.113. The molecule has 0 saturated carbocycles. The van der Waals surface area contributed by atoms with Crippen molar-refractivity contribution in [2.45, 2.75) is 6.92 Å². The van der Waals surface area contributed by atoms with E-state index in [1.807, 2.05) is 49.4 Å². The quantitative estimate of drug-likeness (QED) is 0.502. The van der Waals surface area contributed by atoms with E-state index in [9.17, 15) is 4.79 Å². The van der Waals surface area contributed by atoms with Crippen molar-refractivity contribution in [2.75, 3.05) is 24.8 Å². The van der Waals surface area contributed by atoms with Crippen LogP contribution < -0.4 is 15.4 Å². The van der Waals surface area contributed by atoms with Crippen LogP contribution in [0.25, 0.3) is 28.0 Å². The summed E-state index contributed by atoms with van der Waals surface area (Å²) in [4.78, 5) is 22.0. The molecule has 8 nitrogen and oxygen atoms in total. The van der Waals surface area contributed by atoms with Gasteiger partial charge in [-0.1, -0.05) is 18.7 Å². The van der Waals surface area contributed by atoms with Crippen molar-refractivity contribution in [3.8, 4) is 22.7 Å². The minimum Gasteiger partial charge on any atom is -0.496 e. The molecule has 0 saturated heterocycles. The van der Waals surface area contributed by atoms with E-state index in [-0.39, 0.29) is 5.91 Å². The Balaban J connectivity index is 1.86. The van der Waals surface area contributed by atoms with Crippen molar-refractivity contribution in [2.24, 2.45) is 0 Å². The number of fused-ring (bicyclic) bond motifs is 1. The molecule has 2 N–H and O–H groups in total. The second kappa shape index (κ2) is 7.91. The fourth-order valence-electron chi connectivity index (χ4n) is 3.41. The van der Waals surface area contributed by atoms with Crippen LogP contribution in [0.2, 0.25) is 0 Å². The molecule has 1 amide bonds. The van der Waals surface area contributed by atoms with Crippen molar-refractivity contribution in [1.82, 2.24) is 19.7 Å². The van der Waals surface area contributed by atoms with Gasteiger partial charge in [0.25, 0.3) is 0 Å². The summed E-state index contributed by atoms with van der Waals surface area (Å²) in [6, 6.07) is 13.3. The molecule has 4 aromatic rings. The van der Waals surface area contributed by atoms with Crippen molar-refractivity contribution >= 4 is 28.4 Å². The molecule has 0 spiro atoms. The normalized spacial score (nSPS) is 10.8. The van der Waals surface area contributed by atoms with Crippen LogP contribution in [0.15, 0.2) is 61.4 Å². The number of nitrogen functional groups attached to an aromatic ring is 1. The molecule has 4 rings (SSSR count). The van der Waals surface area contributed by atoms with Gasteiger partial charge in [0, 0.05) is 18.3 Å². The Morgan fingerprint density at radius 1 is 1.19 bits per heavy atom. The Kier molecular flexibility index (Phi) is 5.12. The van der Waals surface area contributed by atoms with E-state index in [1.54, 1.807) is 18.8 Å². The summed E-state index contributed by atoms with van der Waals surface area (Å²) < 4.78 is 7.19. The van der Waals surface area contributed by atoms with Crippen LogP contribution in [0.1, 0.15) is 5.56 Å². The van der Waals surface area contributed by atoms with E-state index in [2.05, 4.69) is 16.5 Å². The van der Waals surface area contributed by atoms with Crippen LogP contribution in [-0.4, -0.2) is 39.8 Å². The van der Waals surface area contributed by atoms with E-state index in [0.717, 1.165) is 28.3 Å². The Morgan fingerprint density at radius 2 is 1.94 bits per heavy atom. The first-order valence-electron chi connectivity index (χ1n) is 9.59. The van der Waals surface area contributed by atoms with Crippen molar-refractivity contribution < 1.29 is 9.53 Å². The zero-order valence-corrected chi connectivity index (χ0v) is 17.5. The smallest absolute Gasteiger partial charge is 0.250 e. The minimum absolute atomic E-state index is 0.187. The number of rotatable bonds is 5. The molecule has 0 bridgehead atoms. The summed E-state index contributed by atoms with van der Waals surface area (Å²) in [6.07, 6.45) is 2.69. The number of nitrogens with zero attached hydrogens (tertiary/aromatic N) is 5. The molecule has 0 radical (unpaired) electrons. The third-order valence-electron chi connectivity index (χ3n) is 5.16. The molecule has 0 unspecified atom stereocenters. The number of anilines is 2. The van der Waals surface area contributed by atoms with Crippen LogP contribution in [0.3, 0.4) is 0 Å². The van der Waals surface area contributed by atoms with Crippen LogP contribution in [0.5, 0.6) is 5.75 Å². The molecule has 2 aromatic heterocycles. The van der Waals surface area contributed by atoms with Gasteiger partial charge in [0.05, 0.1) is 18.2 Å². The highest BCUT2D eigenvalue weighted by Gasteiger charge is 2.19. The number of nitrogens with two attached hydrogens (primary N) is 1. The summed E-state index contributed by atoms with van der Waals surface area (Å²) in [5, 5.41) is 5.47. The van der Waals surface area contributed by atoms with Gasteiger partial charge in [0.1, 0.15) is 23.6 Å². The van der Waals surface area contributed by atoms with Crippen molar-refractivity contribution in [1.29, 1.82) is 0 Å². The molecular formula is C23H22N6O2. The van der Waals surface area contributed by atoms with Gasteiger partial charge < -0.3 is 15.4 Å². The number of hydrogen-bond donors (Lipinski definition) is 1. The molecule has 8 heteroatoms. The van der Waals surface area contributed by atoms with Gasteiger partial charge in [-0.25, -0.2) is 14.6 Å². The number of carbonyl (C=O) groups excluding carboxylic acids is 1. The largest absolute Gasteiger partial charge is 0.496 e. The maximum Gasteiger partial charge on any atom is 0.250 e. The topological polar surface area (TPSA) is 99.2 Å². The molecule has 2 heterocycles. The molecule has 0 fully saturated rings. The lowest BCUT2D eigenvalue weighted by Gasteiger charge is -2.15. The van der Waals surface area contributed by atoms with E-state index in [0.29, 0.717) is 22.5 Å². The van der Waals surface area contributed by atoms with E-state index in [1.165, 1.54) is 17.3 Å². The number of ether oxygens (including phenoxy) is 1. The Hall–Kier alpha value is -4.20. The average Bonchev–Trinajstić information content (AvgIpc) is 3.19. The minimum atomic E-state index is -0.187. The first-order valence-corrected chi connectivity index (χ1v) is 9.59. The average molecular weight is 414 g/mol. The number of methoxy groups -OCH3 is 1. The van der Waals surface area contributed by atoms with Crippen LogP contribution >= 0.6 is 0 Å². The fraction of sp³-hybridized carbons (Fsp3) is 0.130. The second-order valence-corrected chi connectivity index (χ2v) is 7.02. The molecule has 156 valence electrons. The standard InChI is InChI=1S/C23H22N6O2/c1-5-19(30)28(3)16-8-10-17(11-9-16)29-23-20(22(24)25-13-26-23)21(27-29)15-7-6-14(2)18(12-15)31-4/h5-13H,1H2,2-4H3,(H2,24,25,26). The number of likely N-dealkylation sites (N-methyl/N-ethyl adjacent to an activating group) is 1. The summed E-state index contributed by atoms with van der Waals surface area (Å²) in [5.41, 5.74) is 10.8. The first kappa shape index (κ1) is 20.1. The van der Waals surface area contributed by atoms with Crippen LogP contribution in [0.4, 0.5) is 11.5 Å². The molecule has 31 heavy (non-hydrogen) atoms. The lowest BCUT2D eigenvalue weighted by Crippen LogP contribution is -2.23. The van der Waals surface area contributed by atoms with Gasteiger partial charge >= 0.3 is 0 Å². The van der Waals surface area contributed by atoms with Gasteiger partial charge in [-0.05, 0) is 48.9 Å². The zero-order valence-electron chi connectivity index (χ0n) is 17.5. The monoisotopic (exact) mass is 414 g/mol. The summed E-state index contributed by atoms with van der Waals surface area (Å²) in [5.74, 6) is 0.919. The number of aryl methyl sites for hydroxylation is 1. The molecule has 0 aliphatic carbocycles. The third-order valence-corrected chi connectivity index (χ3v) is 5.16. The predicted octanol–water partition coefficient (Wildman–Crippen LogP) is 3.53. The maximum atomic E-state index is 11.9. The number of hydrogen-bond acceptors (Lipinski definition) is 6. The summed E-state index contributed by atoms with van der Waals surface area (Å²) in [6.45, 7) is 5.50. The van der Waals surface area contributed by atoms with E-state index in [4.69, 9.17) is 15.6 Å². The van der Waals surface area contributed by atoms with Gasteiger partial charge in [-0.15, -0.1) is 0 Å². The second-order valence-electron chi connectivity index (χ2n) is 7.02. The highest BCUT2D eigenvalue weighted by atomic mass is 16.5.